The Hall–Kier alpha value is -1.24. The van der Waals surface area contributed by atoms with E-state index in [0.29, 0.717) is 19.6 Å². The standard InChI is InChI=1S/C34H58O5/c1-4-6-7-8-9-10-11-12-13-14-15-19-23-31(37-28-36-3)24-25-32-27-33(26-30(35)20-5-2)39-34(38-32)29-21-17-16-18-22-29/h5,16-18,21-22,30-35H,2,4,6-15,19-20,23-28H2,1,3H3/t30-,31+,32+,33-,34+/m1/s1. The molecule has 0 aromatic heterocycles. The van der Waals surface area contributed by atoms with E-state index < -0.39 is 12.4 Å². The molecule has 1 N–H and O–H groups in total. The van der Waals surface area contributed by atoms with Crippen molar-refractivity contribution in [2.45, 2.75) is 153 Å². The third-order valence-corrected chi connectivity index (χ3v) is 7.82. The zero-order valence-electron chi connectivity index (χ0n) is 25.1. The highest BCUT2D eigenvalue weighted by Crippen LogP contribution is 2.34. The van der Waals surface area contributed by atoms with Crippen LogP contribution in [0, 0.1) is 0 Å². The van der Waals surface area contributed by atoms with Gasteiger partial charge in [0.05, 0.1) is 24.4 Å². The largest absolute Gasteiger partial charge is 0.393 e. The lowest BCUT2D eigenvalue weighted by atomic mass is 9.96. The van der Waals surface area contributed by atoms with Gasteiger partial charge in [0.2, 0.25) is 0 Å². The molecule has 1 heterocycles. The van der Waals surface area contributed by atoms with Crippen LogP contribution in [0.15, 0.2) is 43.0 Å². The van der Waals surface area contributed by atoms with E-state index in [1.165, 1.54) is 77.0 Å². The summed E-state index contributed by atoms with van der Waals surface area (Å²) in [7, 11) is 1.69. The summed E-state index contributed by atoms with van der Waals surface area (Å²) in [6.07, 6.45) is 22.3. The quantitative estimate of drug-likeness (QED) is 0.0796. The summed E-state index contributed by atoms with van der Waals surface area (Å²) in [5.74, 6) is 0. The van der Waals surface area contributed by atoms with Gasteiger partial charge in [-0.2, -0.15) is 0 Å². The molecule has 39 heavy (non-hydrogen) atoms. The zero-order chi connectivity index (χ0) is 28.0. The van der Waals surface area contributed by atoms with Crippen LogP contribution < -0.4 is 0 Å². The third kappa shape index (κ3) is 16.0. The molecule has 0 amide bonds. The molecule has 0 spiro atoms. The van der Waals surface area contributed by atoms with Crippen LogP contribution in [-0.2, 0) is 18.9 Å². The Bertz CT molecular complexity index is 696. The molecular formula is C34H58O5. The fourth-order valence-corrected chi connectivity index (χ4v) is 5.54. The predicted octanol–water partition coefficient (Wildman–Crippen LogP) is 9.05. The smallest absolute Gasteiger partial charge is 0.184 e. The summed E-state index contributed by atoms with van der Waals surface area (Å²) < 4.78 is 24.0. The normalized spacial score (nSPS) is 21.1. The molecule has 1 aromatic rings. The van der Waals surface area contributed by atoms with Gasteiger partial charge in [0.15, 0.2) is 6.29 Å². The summed E-state index contributed by atoms with van der Waals surface area (Å²) in [5, 5.41) is 10.4. The molecule has 1 aromatic carbocycles. The van der Waals surface area contributed by atoms with Crippen molar-refractivity contribution in [2.75, 3.05) is 13.9 Å². The molecule has 0 bridgehead atoms. The van der Waals surface area contributed by atoms with E-state index in [-0.39, 0.29) is 18.3 Å². The molecule has 5 nitrogen and oxygen atoms in total. The van der Waals surface area contributed by atoms with E-state index in [1.807, 2.05) is 30.3 Å². The Balaban J connectivity index is 1.73. The number of benzene rings is 1. The highest BCUT2D eigenvalue weighted by atomic mass is 16.7. The highest BCUT2D eigenvalue weighted by Gasteiger charge is 2.32. The molecule has 5 atom stereocenters. The molecule has 5 heteroatoms. The third-order valence-electron chi connectivity index (χ3n) is 7.82. The summed E-state index contributed by atoms with van der Waals surface area (Å²) in [4.78, 5) is 0. The Kier molecular flexibility index (Phi) is 19.6. The first-order valence-corrected chi connectivity index (χ1v) is 15.9. The van der Waals surface area contributed by atoms with Crippen LogP contribution in [0.2, 0.25) is 0 Å². The molecule has 0 radical (unpaired) electrons. The Morgan fingerprint density at radius 1 is 0.897 bits per heavy atom. The number of ether oxygens (including phenoxy) is 4. The lowest BCUT2D eigenvalue weighted by molar-refractivity contribution is -0.254. The summed E-state index contributed by atoms with van der Waals surface area (Å²) >= 11 is 0. The number of aliphatic hydroxyl groups excluding tert-OH is 1. The maximum absolute atomic E-state index is 10.4. The fraction of sp³-hybridized carbons (Fsp3) is 0.765. The van der Waals surface area contributed by atoms with E-state index in [9.17, 15) is 5.11 Å². The van der Waals surface area contributed by atoms with Crippen molar-refractivity contribution in [3.05, 3.63) is 48.6 Å². The first-order valence-electron chi connectivity index (χ1n) is 15.9. The number of hydrogen-bond acceptors (Lipinski definition) is 5. The van der Waals surface area contributed by atoms with E-state index in [2.05, 4.69) is 13.5 Å². The summed E-state index contributed by atoms with van der Waals surface area (Å²) in [6.45, 7) is 6.37. The van der Waals surface area contributed by atoms with Crippen LogP contribution in [0.5, 0.6) is 0 Å². The number of methoxy groups -OCH3 is 1. The number of unbranched alkanes of at least 4 members (excludes halogenated alkanes) is 11. The SMILES string of the molecule is C=CC[C@@H](O)C[C@@H]1C[C@H](CC[C@H](CCCCCCCCCCCCCC)OCOC)O[C@H](c2ccccc2)O1. The van der Waals surface area contributed by atoms with Crippen molar-refractivity contribution >= 4 is 0 Å². The van der Waals surface area contributed by atoms with Gasteiger partial charge in [-0.25, -0.2) is 0 Å². The topological polar surface area (TPSA) is 57.2 Å². The van der Waals surface area contributed by atoms with Crippen molar-refractivity contribution in [2.24, 2.45) is 0 Å². The van der Waals surface area contributed by atoms with Gasteiger partial charge in [0, 0.05) is 25.5 Å². The summed E-state index contributed by atoms with van der Waals surface area (Å²) in [6, 6.07) is 10.1. The lowest BCUT2D eigenvalue weighted by Crippen LogP contribution is -2.36. The van der Waals surface area contributed by atoms with Crippen LogP contribution in [0.3, 0.4) is 0 Å². The highest BCUT2D eigenvalue weighted by molar-refractivity contribution is 5.16. The molecule has 1 aliphatic rings. The first-order chi connectivity index (χ1) is 19.2. The Morgan fingerprint density at radius 3 is 2.13 bits per heavy atom. The molecule has 224 valence electrons. The average molecular weight is 547 g/mol. The lowest BCUT2D eigenvalue weighted by Gasteiger charge is -2.37. The van der Waals surface area contributed by atoms with Crippen LogP contribution in [0.1, 0.15) is 134 Å². The van der Waals surface area contributed by atoms with E-state index in [4.69, 9.17) is 18.9 Å². The molecule has 2 rings (SSSR count). The Morgan fingerprint density at radius 2 is 1.51 bits per heavy atom. The van der Waals surface area contributed by atoms with Gasteiger partial charge >= 0.3 is 0 Å². The van der Waals surface area contributed by atoms with Crippen LogP contribution in [0.4, 0.5) is 0 Å². The van der Waals surface area contributed by atoms with Crippen molar-refractivity contribution in [1.29, 1.82) is 0 Å². The summed E-state index contributed by atoms with van der Waals surface area (Å²) in [5.41, 5.74) is 1.02. The van der Waals surface area contributed by atoms with Crippen molar-refractivity contribution < 1.29 is 24.1 Å². The molecule has 1 fully saturated rings. The maximum Gasteiger partial charge on any atom is 0.184 e. The molecule has 0 saturated carbocycles. The van der Waals surface area contributed by atoms with Crippen LogP contribution in [-0.4, -0.2) is 43.4 Å². The second kappa shape index (κ2) is 22.4. The van der Waals surface area contributed by atoms with Gasteiger partial charge in [-0.1, -0.05) is 120 Å². The molecule has 0 unspecified atom stereocenters. The van der Waals surface area contributed by atoms with Gasteiger partial charge in [-0.15, -0.1) is 6.58 Å². The minimum Gasteiger partial charge on any atom is -0.393 e. The van der Waals surface area contributed by atoms with Crippen molar-refractivity contribution in [3.8, 4) is 0 Å². The first kappa shape index (κ1) is 34.0. The van der Waals surface area contributed by atoms with Gasteiger partial charge in [-0.05, 0) is 25.7 Å². The van der Waals surface area contributed by atoms with Crippen molar-refractivity contribution in [1.82, 2.24) is 0 Å². The van der Waals surface area contributed by atoms with Gasteiger partial charge in [-0.3, -0.25) is 0 Å². The monoisotopic (exact) mass is 546 g/mol. The van der Waals surface area contributed by atoms with E-state index in [1.54, 1.807) is 13.2 Å². The Labute approximate surface area is 239 Å². The fourth-order valence-electron chi connectivity index (χ4n) is 5.54. The minimum absolute atomic E-state index is 0.0430. The molecule has 1 saturated heterocycles. The van der Waals surface area contributed by atoms with E-state index in [0.717, 1.165) is 31.2 Å². The van der Waals surface area contributed by atoms with Gasteiger partial charge in [0.25, 0.3) is 0 Å². The van der Waals surface area contributed by atoms with Crippen LogP contribution in [0.25, 0.3) is 0 Å². The zero-order valence-corrected chi connectivity index (χ0v) is 25.1. The predicted molar refractivity (Wildman–Crippen MR) is 161 cm³/mol. The van der Waals surface area contributed by atoms with Crippen LogP contribution >= 0.6 is 0 Å². The maximum atomic E-state index is 10.4. The molecular weight excluding hydrogens is 488 g/mol. The second-order valence-electron chi connectivity index (χ2n) is 11.4. The molecule has 1 aliphatic heterocycles. The minimum atomic E-state index is -0.439. The number of rotatable bonds is 24. The molecule has 0 aliphatic carbocycles. The average Bonchev–Trinajstić information content (AvgIpc) is 2.95. The van der Waals surface area contributed by atoms with E-state index >= 15 is 0 Å². The second-order valence-corrected chi connectivity index (χ2v) is 11.4. The van der Waals surface area contributed by atoms with Gasteiger partial charge in [0.1, 0.15) is 6.79 Å². The van der Waals surface area contributed by atoms with Crippen molar-refractivity contribution in [3.63, 3.8) is 0 Å². The van der Waals surface area contributed by atoms with Gasteiger partial charge < -0.3 is 24.1 Å². The number of hydrogen-bond donors (Lipinski definition) is 1. The number of aliphatic hydroxyl groups is 1.